The number of carbonyl (C=O) groups is 1. The Hall–Kier alpha value is -2.33. The molecule has 0 saturated carbocycles. The molecule has 4 heteroatoms. The summed E-state index contributed by atoms with van der Waals surface area (Å²) < 4.78 is 0. The van der Waals surface area contributed by atoms with Crippen LogP contribution < -0.4 is 4.90 Å². The molecule has 1 unspecified atom stereocenters. The molecule has 0 spiro atoms. The van der Waals surface area contributed by atoms with Crippen molar-refractivity contribution in [3.05, 3.63) is 65.7 Å². The van der Waals surface area contributed by atoms with Crippen LogP contribution in [0.5, 0.6) is 0 Å². The molecule has 2 aromatic carbocycles. The van der Waals surface area contributed by atoms with E-state index < -0.39 is 6.10 Å². The van der Waals surface area contributed by atoms with Gasteiger partial charge >= 0.3 is 0 Å². The summed E-state index contributed by atoms with van der Waals surface area (Å²) in [5, 5.41) is 10.6. The van der Waals surface area contributed by atoms with E-state index in [4.69, 9.17) is 0 Å². The Balaban J connectivity index is 1.77. The molecule has 0 aliphatic carbocycles. The minimum Gasteiger partial charge on any atom is -0.391 e. The molecule has 0 fully saturated rings. The molecular weight excluding hydrogens is 312 g/mol. The lowest BCUT2D eigenvalue weighted by molar-refractivity contribution is -0.131. The molecule has 3 rings (SSSR count). The summed E-state index contributed by atoms with van der Waals surface area (Å²) in [5.74, 6) is 0.180. The molecule has 1 aliphatic rings. The van der Waals surface area contributed by atoms with Crippen molar-refractivity contribution in [2.75, 3.05) is 24.5 Å². The molecule has 0 aromatic heterocycles. The second kappa shape index (κ2) is 8.17. The summed E-state index contributed by atoms with van der Waals surface area (Å²) in [6.45, 7) is 4.55. The topological polar surface area (TPSA) is 43.8 Å². The first-order valence-electron chi connectivity index (χ1n) is 9.00. The number of β-amino-alcohol motifs (C(OH)–C–C–N with tert-alkyl or cyclic N) is 1. The van der Waals surface area contributed by atoms with Crippen molar-refractivity contribution in [3.63, 3.8) is 0 Å². The van der Waals surface area contributed by atoms with Gasteiger partial charge in [-0.05, 0) is 24.1 Å². The van der Waals surface area contributed by atoms with Gasteiger partial charge in [0, 0.05) is 44.7 Å². The highest BCUT2D eigenvalue weighted by atomic mass is 16.3. The molecule has 0 saturated heterocycles. The molecule has 1 N–H and O–H groups in total. The third kappa shape index (κ3) is 4.40. The maximum Gasteiger partial charge on any atom is 0.224 e. The summed E-state index contributed by atoms with van der Waals surface area (Å²) >= 11 is 0. The summed E-state index contributed by atoms with van der Waals surface area (Å²) in [6, 6.07) is 18.2. The molecule has 1 amide bonds. The number of aliphatic hydroxyl groups is 1. The first kappa shape index (κ1) is 17.5. The van der Waals surface area contributed by atoms with E-state index in [0.29, 0.717) is 32.5 Å². The van der Waals surface area contributed by atoms with Gasteiger partial charge in [-0.15, -0.1) is 0 Å². The molecule has 0 bridgehead atoms. The molecule has 1 atom stereocenters. The zero-order valence-corrected chi connectivity index (χ0v) is 14.8. The summed E-state index contributed by atoms with van der Waals surface area (Å²) in [6.07, 6.45) is 0.640. The minimum atomic E-state index is -0.465. The Labute approximate surface area is 149 Å². The maximum atomic E-state index is 12.4. The lowest BCUT2D eigenvalue weighted by atomic mass is 10.0. The van der Waals surface area contributed by atoms with Gasteiger partial charge in [0.15, 0.2) is 0 Å². The third-order valence-electron chi connectivity index (χ3n) is 4.77. The van der Waals surface area contributed by atoms with Gasteiger partial charge in [-0.3, -0.25) is 4.79 Å². The van der Waals surface area contributed by atoms with Crippen LogP contribution in [0.2, 0.25) is 0 Å². The number of nitrogens with zero attached hydrogens (tertiary/aromatic N) is 2. The molecule has 2 aromatic rings. The van der Waals surface area contributed by atoms with E-state index in [1.807, 2.05) is 54.3 Å². The van der Waals surface area contributed by atoms with Crippen molar-refractivity contribution < 1.29 is 9.90 Å². The fourth-order valence-corrected chi connectivity index (χ4v) is 3.44. The van der Waals surface area contributed by atoms with E-state index in [0.717, 1.165) is 23.4 Å². The Bertz CT molecular complexity index is 702. The number of hydrogen-bond donors (Lipinski definition) is 1. The van der Waals surface area contributed by atoms with Crippen molar-refractivity contribution in [1.29, 1.82) is 0 Å². The number of aliphatic hydroxyl groups excluding tert-OH is 1. The van der Waals surface area contributed by atoms with Crippen LogP contribution in [0.3, 0.4) is 0 Å². The fourth-order valence-electron chi connectivity index (χ4n) is 3.44. The highest BCUT2D eigenvalue weighted by Crippen LogP contribution is 2.25. The summed E-state index contributed by atoms with van der Waals surface area (Å²) in [4.78, 5) is 16.4. The van der Waals surface area contributed by atoms with Gasteiger partial charge in [0.05, 0.1) is 6.10 Å². The van der Waals surface area contributed by atoms with Gasteiger partial charge in [-0.25, -0.2) is 0 Å². The zero-order chi connectivity index (χ0) is 17.6. The van der Waals surface area contributed by atoms with Crippen LogP contribution in [-0.4, -0.2) is 41.7 Å². The van der Waals surface area contributed by atoms with Crippen molar-refractivity contribution in [1.82, 2.24) is 4.90 Å². The number of anilines is 1. The minimum absolute atomic E-state index is 0.180. The van der Waals surface area contributed by atoms with Crippen molar-refractivity contribution >= 4 is 11.6 Å². The number of fused-ring (bicyclic) bond motifs is 1. The monoisotopic (exact) mass is 338 g/mol. The maximum absolute atomic E-state index is 12.4. The molecule has 4 nitrogen and oxygen atoms in total. The number of benzene rings is 2. The molecule has 0 radical (unpaired) electrons. The van der Waals surface area contributed by atoms with Crippen LogP contribution in [-0.2, 0) is 17.8 Å². The van der Waals surface area contributed by atoms with Crippen LogP contribution in [0.4, 0.5) is 5.69 Å². The van der Waals surface area contributed by atoms with E-state index in [2.05, 4.69) is 17.0 Å². The normalized spacial score (nSPS) is 16.2. The molecular formula is C21H26N2O2. The van der Waals surface area contributed by atoms with Crippen LogP contribution in [0.15, 0.2) is 54.6 Å². The first-order valence-corrected chi connectivity index (χ1v) is 9.00. The van der Waals surface area contributed by atoms with E-state index in [1.165, 1.54) is 0 Å². The predicted molar refractivity (Wildman–Crippen MR) is 101 cm³/mol. The van der Waals surface area contributed by atoms with Gasteiger partial charge in [0.25, 0.3) is 0 Å². The van der Waals surface area contributed by atoms with E-state index in [9.17, 15) is 9.90 Å². The SMILES string of the molecule is CCN1Cc2ccccc2N(CC(O)Cc2ccccc2)CCC1=O. The second-order valence-corrected chi connectivity index (χ2v) is 6.58. The van der Waals surface area contributed by atoms with Crippen molar-refractivity contribution in [2.45, 2.75) is 32.4 Å². The Morgan fingerprint density at radius 1 is 1.04 bits per heavy atom. The van der Waals surface area contributed by atoms with Crippen molar-refractivity contribution in [2.24, 2.45) is 0 Å². The zero-order valence-electron chi connectivity index (χ0n) is 14.8. The third-order valence-corrected chi connectivity index (χ3v) is 4.77. The molecule has 1 aliphatic heterocycles. The van der Waals surface area contributed by atoms with Gasteiger partial charge in [-0.1, -0.05) is 48.5 Å². The standard InChI is InChI=1S/C21H26N2O2/c1-2-22-15-18-10-6-7-11-20(18)23(13-12-21(22)25)16-19(24)14-17-8-4-3-5-9-17/h3-11,19,24H,2,12-16H2,1H3. The molecule has 132 valence electrons. The number of para-hydroxylation sites is 1. The van der Waals surface area contributed by atoms with Crippen LogP contribution >= 0.6 is 0 Å². The summed E-state index contributed by atoms with van der Waals surface area (Å²) in [7, 11) is 0. The quantitative estimate of drug-likeness (QED) is 0.912. The number of hydrogen-bond acceptors (Lipinski definition) is 3. The number of rotatable bonds is 5. The largest absolute Gasteiger partial charge is 0.391 e. The molecule has 1 heterocycles. The summed E-state index contributed by atoms with van der Waals surface area (Å²) in [5.41, 5.74) is 3.40. The highest BCUT2D eigenvalue weighted by Gasteiger charge is 2.23. The van der Waals surface area contributed by atoms with Crippen LogP contribution in [0, 0.1) is 0 Å². The number of carbonyl (C=O) groups excluding carboxylic acids is 1. The van der Waals surface area contributed by atoms with Gasteiger partial charge in [0.1, 0.15) is 0 Å². The number of amides is 1. The smallest absolute Gasteiger partial charge is 0.224 e. The van der Waals surface area contributed by atoms with E-state index in [-0.39, 0.29) is 5.91 Å². The highest BCUT2D eigenvalue weighted by molar-refractivity contribution is 5.78. The fraction of sp³-hybridized carbons (Fsp3) is 0.381. The van der Waals surface area contributed by atoms with Gasteiger partial charge in [0.2, 0.25) is 5.91 Å². The van der Waals surface area contributed by atoms with Gasteiger partial charge < -0.3 is 14.9 Å². The van der Waals surface area contributed by atoms with Crippen LogP contribution in [0.25, 0.3) is 0 Å². The average molecular weight is 338 g/mol. The van der Waals surface area contributed by atoms with E-state index in [1.54, 1.807) is 0 Å². The predicted octanol–water partition coefficient (Wildman–Crippen LogP) is 2.85. The average Bonchev–Trinajstić information content (AvgIpc) is 2.63. The Morgan fingerprint density at radius 3 is 2.52 bits per heavy atom. The first-order chi connectivity index (χ1) is 12.2. The lowest BCUT2D eigenvalue weighted by Crippen LogP contribution is -2.41. The van der Waals surface area contributed by atoms with Crippen molar-refractivity contribution in [3.8, 4) is 0 Å². The molecule has 25 heavy (non-hydrogen) atoms. The Morgan fingerprint density at radius 2 is 1.76 bits per heavy atom. The van der Waals surface area contributed by atoms with Crippen LogP contribution in [0.1, 0.15) is 24.5 Å². The lowest BCUT2D eigenvalue weighted by Gasteiger charge is -2.34. The van der Waals surface area contributed by atoms with E-state index >= 15 is 0 Å². The van der Waals surface area contributed by atoms with Gasteiger partial charge in [-0.2, -0.15) is 0 Å². The second-order valence-electron chi connectivity index (χ2n) is 6.58. The Kier molecular flexibility index (Phi) is 5.71.